The van der Waals surface area contributed by atoms with Gasteiger partial charge < -0.3 is 23.7 Å². The van der Waals surface area contributed by atoms with Crippen LogP contribution in [0, 0.1) is 23.7 Å². The van der Waals surface area contributed by atoms with Crippen LogP contribution >= 0.6 is 0 Å². The second-order valence-corrected chi connectivity index (χ2v) is 0. The molecule has 0 aromatic carbocycles. The summed E-state index contributed by atoms with van der Waals surface area (Å²) in [5.41, 5.74) is 0. The Hall–Kier alpha value is -0.0330. The van der Waals surface area contributed by atoms with Crippen LogP contribution < -0.4 is 0 Å². The molecule has 0 unspecified atom stereocenters. The van der Waals surface area contributed by atoms with Crippen molar-refractivity contribution in [3.8, 4) is 0 Å². The fourth-order valence-electron chi connectivity index (χ4n) is 0. The zero-order chi connectivity index (χ0) is 4.00. The SMILES string of the molecule is [C-]#N.[C-]#N.[Ni+2].[Ni]. The number of nitrogens with zero attached hydrogens (tertiary/aromatic N) is 2. The molecule has 0 bridgehead atoms. The fourth-order valence-corrected chi connectivity index (χ4v) is 0. The molecular formula is C2N2Ni2. The van der Waals surface area contributed by atoms with E-state index in [1.165, 1.54) is 0 Å². The van der Waals surface area contributed by atoms with Gasteiger partial charge in [0.25, 0.3) is 0 Å². The van der Waals surface area contributed by atoms with Gasteiger partial charge in [0, 0.05) is 16.5 Å². The zero-order valence-electron chi connectivity index (χ0n) is 2.53. The van der Waals surface area contributed by atoms with Crippen LogP contribution in [0.4, 0.5) is 0 Å². The van der Waals surface area contributed by atoms with Crippen molar-refractivity contribution in [1.29, 1.82) is 10.5 Å². The largest absolute Gasteiger partial charge is 2.00 e. The number of hydrogen-bond donors (Lipinski definition) is 0. The first-order valence-electron chi connectivity index (χ1n) is 0.447. The monoisotopic (exact) mass is 168 g/mol. The van der Waals surface area contributed by atoms with E-state index in [2.05, 4.69) is 0 Å². The van der Waals surface area contributed by atoms with Crippen LogP contribution in [0.1, 0.15) is 0 Å². The van der Waals surface area contributed by atoms with Crippen LogP contribution in [0.5, 0.6) is 0 Å². The van der Waals surface area contributed by atoms with Crippen LogP contribution in [0.3, 0.4) is 0 Å². The standard InChI is InChI=1S/2CN.2Ni/c2*1-2;;/q2*-1;;+2. The van der Waals surface area contributed by atoms with Crippen molar-refractivity contribution < 1.29 is 33.0 Å². The van der Waals surface area contributed by atoms with Gasteiger partial charge in [0.15, 0.2) is 0 Å². The van der Waals surface area contributed by atoms with Gasteiger partial charge in [0.05, 0.1) is 0 Å². The first kappa shape index (κ1) is 38.0. The van der Waals surface area contributed by atoms with Crippen molar-refractivity contribution in [2.24, 2.45) is 0 Å². The van der Waals surface area contributed by atoms with Crippen molar-refractivity contribution in [3.05, 3.63) is 13.1 Å². The summed E-state index contributed by atoms with van der Waals surface area (Å²) in [6.45, 7) is 9.50. The first-order valence-corrected chi connectivity index (χ1v) is 0.447. The molecule has 0 spiro atoms. The van der Waals surface area contributed by atoms with Crippen LogP contribution in [-0.2, 0) is 33.0 Å². The summed E-state index contributed by atoms with van der Waals surface area (Å²) in [7, 11) is 0. The van der Waals surface area contributed by atoms with Gasteiger partial charge in [-0.1, -0.05) is 0 Å². The molecule has 38 valence electrons. The molecule has 0 radical (unpaired) electrons. The molecule has 6 heavy (non-hydrogen) atoms. The molecule has 0 aliphatic carbocycles. The minimum Gasteiger partial charge on any atom is -0.512 e. The van der Waals surface area contributed by atoms with Gasteiger partial charge in [-0.05, 0) is 0 Å². The van der Waals surface area contributed by atoms with E-state index in [1.54, 1.807) is 0 Å². The molecule has 0 aliphatic heterocycles. The van der Waals surface area contributed by atoms with Gasteiger partial charge in [-0.15, -0.1) is 0 Å². The van der Waals surface area contributed by atoms with E-state index in [9.17, 15) is 0 Å². The maximum atomic E-state index is 6.25. The minimum atomic E-state index is 0. The van der Waals surface area contributed by atoms with Crippen molar-refractivity contribution in [2.75, 3.05) is 0 Å². The second kappa shape index (κ2) is 71800. The van der Waals surface area contributed by atoms with Crippen molar-refractivity contribution in [3.63, 3.8) is 0 Å². The van der Waals surface area contributed by atoms with Crippen molar-refractivity contribution in [2.45, 2.75) is 0 Å². The maximum Gasteiger partial charge on any atom is 2.00 e. The van der Waals surface area contributed by atoms with Gasteiger partial charge in [-0.3, -0.25) is 0 Å². The molecule has 0 saturated heterocycles. The molecule has 0 aliphatic rings. The average Bonchev–Trinajstić information content (AvgIpc) is 1.50. The second-order valence-electron chi connectivity index (χ2n) is 0. The predicted octanol–water partition coefficient (Wildman–Crippen LogP) is 0.188. The average molecular weight is 169 g/mol. The Balaban J connectivity index is -0.00000000500. The van der Waals surface area contributed by atoms with Gasteiger partial charge in [0.2, 0.25) is 0 Å². The predicted molar refractivity (Wildman–Crippen MR) is 9.94 cm³/mol. The third-order valence-electron chi connectivity index (χ3n) is 0. The van der Waals surface area contributed by atoms with E-state index in [-0.39, 0.29) is 33.0 Å². The summed E-state index contributed by atoms with van der Waals surface area (Å²) in [6, 6.07) is 0. The smallest absolute Gasteiger partial charge is 0.512 e. The topological polar surface area (TPSA) is 47.6 Å². The molecule has 0 heterocycles. The Morgan fingerprint density at radius 1 is 0.833 bits per heavy atom. The van der Waals surface area contributed by atoms with E-state index >= 15 is 0 Å². The van der Waals surface area contributed by atoms with E-state index in [0.29, 0.717) is 0 Å². The molecule has 4 heteroatoms. The Bertz CT molecular complexity index is 25.0. The number of rotatable bonds is 0. The molecule has 0 N–H and O–H groups in total. The van der Waals surface area contributed by atoms with E-state index in [1.807, 2.05) is 0 Å². The summed E-state index contributed by atoms with van der Waals surface area (Å²) in [6.07, 6.45) is 0. The van der Waals surface area contributed by atoms with Crippen molar-refractivity contribution in [1.82, 2.24) is 0 Å². The summed E-state index contributed by atoms with van der Waals surface area (Å²) >= 11 is 0. The normalized spacial score (nSPS) is 0.667. The fraction of sp³-hybridized carbons (Fsp3) is 0. The first-order chi connectivity index (χ1) is 2.00. The van der Waals surface area contributed by atoms with Crippen LogP contribution in [0.2, 0.25) is 0 Å². The Labute approximate surface area is 57.0 Å². The molecular weight excluding hydrogens is 169 g/mol. The van der Waals surface area contributed by atoms with E-state index in [4.69, 9.17) is 23.7 Å². The van der Waals surface area contributed by atoms with E-state index < -0.39 is 0 Å². The third kappa shape index (κ3) is 32100. The van der Waals surface area contributed by atoms with E-state index in [0.717, 1.165) is 0 Å². The summed E-state index contributed by atoms with van der Waals surface area (Å²) < 4.78 is 0. The molecule has 0 amide bonds. The van der Waals surface area contributed by atoms with Crippen LogP contribution in [0.15, 0.2) is 0 Å². The van der Waals surface area contributed by atoms with Crippen LogP contribution in [0.25, 0.3) is 0 Å². The minimum absolute atomic E-state index is 0. The third-order valence-corrected chi connectivity index (χ3v) is 0. The Kier molecular flexibility index (Phi) is 456000. The number of hydrogen-bond acceptors (Lipinski definition) is 2. The molecule has 2 nitrogen and oxygen atoms in total. The van der Waals surface area contributed by atoms with Gasteiger partial charge in [-0.2, -0.15) is 0 Å². The van der Waals surface area contributed by atoms with Gasteiger partial charge >= 0.3 is 16.5 Å². The van der Waals surface area contributed by atoms with Gasteiger partial charge in [-0.25, -0.2) is 0 Å². The van der Waals surface area contributed by atoms with Gasteiger partial charge in [0.1, 0.15) is 0 Å². The molecule has 0 aromatic heterocycles. The summed E-state index contributed by atoms with van der Waals surface area (Å²) in [5.74, 6) is 0. The molecule has 0 fully saturated rings. The maximum absolute atomic E-state index is 6.25. The molecule has 0 saturated carbocycles. The quantitative estimate of drug-likeness (QED) is 0.384. The van der Waals surface area contributed by atoms with Crippen LogP contribution in [-0.4, -0.2) is 0 Å². The Morgan fingerprint density at radius 2 is 0.833 bits per heavy atom. The van der Waals surface area contributed by atoms with Crippen molar-refractivity contribution >= 4 is 0 Å². The summed E-state index contributed by atoms with van der Waals surface area (Å²) in [4.78, 5) is 0. The molecule has 0 rings (SSSR count). The zero-order valence-corrected chi connectivity index (χ0v) is 4.50. The molecule has 0 aromatic rings. The summed E-state index contributed by atoms with van der Waals surface area (Å²) in [5, 5.41) is 12.5. The molecule has 0 atom stereocenters. The Morgan fingerprint density at radius 3 is 0.833 bits per heavy atom.